The first-order valence-corrected chi connectivity index (χ1v) is 6.84. The summed E-state index contributed by atoms with van der Waals surface area (Å²) in [7, 11) is 0. The van der Waals surface area contributed by atoms with Gasteiger partial charge in [0, 0.05) is 0 Å². The molecule has 94 valence electrons. The summed E-state index contributed by atoms with van der Waals surface area (Å²) in [5.74, 6) is 0. The van der Waals surface area contributed by atoms with Crippen LogP contribution in [0, 0.1) is 16.2 Å². The van der Waals surface area contributed by atoms with E-state index < -0.39 is 0 Å². The van der Waals surface area contributed by atoms with Crippen LogP contribution in [0.5, 0.6) is 0 Å². The molecule has 1 rings (SSSR count). The van der Waals surface area contributed by atoms with Gasteiger partial charge in [-0.2, -0.15) is 0 Å². The van der Waals surface area contributed by atoms with E-state index in [9.17, 15) is 0 Å². The Hall–Kier alpha value is -0.260. The van der Waals surface area contributed by atoms with Crippen LogP contribution in [0.3, 0.4) is 0 Å². The van der Waals surface area contributed by atoms with Crippen LogP contribution in [-0.2, 0) is 0 Å². The third-order valence-electron chi connectivity index (χ3n) is 4.02. The van der Waals surface area contributed by atoms with Crippen molar-refractivity contribution < 1.29 is 0 Å². The number of hydrogen-bond acceptors (Lipinski definition) is 0. The van der Waals surface area contributed by atoms with Crippen molar-refractivity contribution in [3.63, 3.8) is 0 Å². The highest BCUT2D eigenvalue weighted by molar-refractivity contribution is 5.14. The molecule has 0 aromatic rings. The molecule has 0 aliphatic heterocycles. The molecule has 0 heteroatoms. The Morgan fingerprint density at radius 2 is 1.56 bits per heavy atom. The van der Waals surface area contributed by atoms with Crippen molar-refractivity contribution in [2.45, 2.75) is 73.6 Å². The third-order valence-corrected chi connectivity index (χ3v) is 4.02. The van der Waals surface area contributed by atoms with Gasteiger partial charge in [0.1, 0.15) is 0 Å². The second-order valence-corrected chi connectivity index (χ2v) is 7.76. The van der Waals surface area contributed by atoms with Crippen LogP contribution in [0.1, 0.15) is 73.6 Å². The first-order valence-electron chi connectivity index (χ1n) is 6.84. The first-order chi connectivity index (χ1) is 7.16. The van der Waals surface area contributed by atoms with Gasteiger partial charge < -0.3 is 0 Å². The van der Waals surface area contributed by atoms with Gasteiger partial charge in [-0.3, -0.25) is 0 Å². The van der Waals surface area contributed by atoms with E-state index in [1.807, 2.05) is 0 Å². The number of unbranched alkanes of at least 4 members (excludes halogenated alkanes) is 1. The van der Waals surface area contributed by atoms with E-state index >= 15 is 0 Å². The Balaban J connectivity index is 2.29. The predicted octanol–water partition coefficient (Wildman–Crippen LogP) is 5.59. The van der Waals surface area contributed by atoms with E-state index in [1.165, 1.54) is 32.1 Å². The molecule has 1 aliphatic carbocycles. The zero-order valence-electron chi connectivity index (χ0n) is 12.2. The van der Waals surface area contributed by atoms with E-state index in [1.54, 1.807) is 0 Å². The molecule has 0 spiro atoms. The highest BCUT2D eigenvalue weighted by atomic mass is 14.5. The zero-order chi connectivity index (χ0) is 12.4. The Labute approximate surface area is 103 Å². The lowest BCUT2D eigenvalue weighted by Crippen LogP contribution is -2.19. The Bertz CT molecular complexity index is 240. The van der Waals surface area contributed by atoms with Gasteiger partial charge in [0.05, 0.1) is 0 Å². The zero-order valence-corrected chi connectivity index (χ0v) is 12.2. The van der Waals surface area contributed by atoms with Gasteiger partial charge in [0.15, 0.2) is 0 Å². The van der Waals surface area contributed by atoms with Gasteiger partial charge >= 0.3 is 0 Å². The number of rotatable bonds is 4. The van der Waals surface area contributed by atoms with Crippen LogP contribution >= 0.6 is 0 Å². The molecule has 0 atom stereocenters. The molecule has 0 heterocycles. The predicted molar refractivity (Wildman–Crippen MR) is 73.6 cm³/mol. The van der Waals surface area contributed by atoms with Crippen LogP contribution in [0.4, 0.5) is 0 Å². The Morgan fingerprint density at radius 3 is 1.94 bits per heavy atom. The standard InChI is InChI=1S/C16H30/c1-14(2,3)10-8-7-9-11-16(12-13-16)15(4,5)6/h9,11H,7-8,10,12-13H2,1-6H3/b11-9+. The SMILES string of the molecule is CC(C)(C)CCC/C=C/C1(C(C)(C)C)CC1. The number of hydrogen-bond donors (Lipinski definition) is 0. The summed E-state index contributed by atoms with van der Waals surface area (Å²) < 4.78 is 0. The molecule has 0 radical (unpaired) electrons. The molecular weight excluding hydrogens is 192 g/mol. The fraction of sp³-hybridized carbons (Fsp3) is 0.875. The maximum Gasteiger partial charge on any atom is -0.00691 e. The van der Waals surface area contributed by atoms with Gasteiger partial charge in [-0.1, -0.05) is 53.7 Å². The van der Waals surface area contributed by atoms with Crippen LogP contribution < -0.4 is 0 Å². The van der Waals surface area contributed by atoms with Gasteiger partial charge in [0.25, 0.3) is 0 Å². The summed E-state index contributed by atoms with van der Waals surface area (Å²) in [4.78, 5) is 0. The van der Waals surface area contributed by atoms with Gasteiger partial charge in [-0.05, 0) is 48.3 Å². The molecule has 0 saturated heterocycles. The summed E-state index contributed by atoms with van der Waals surface area (Å²) in [6.07, 6.45) is 11.7. The Morgan fingerprint density at radius 1 is 1.00 bits per heavy atom. The largest absolute Gasteiger partial charge is 0.0880 e. The van der Waals surface area contributed by atoms with E-state index in [-0.39, 0.29) is 0 Å². The second kappa shape index (κ2) is 4.55. The molecule has 0 bridgehead atoms. The fourth-order valence-corrected chi connectivity index (χ4v) is 2.36. The monoisotopic (exact) mass is 222 g/mol. The first kappa shape index (κ1) is 13.8. The molecule has 1 fully saturated rings. The molecule has 0 aromatic heterocycles. The smallest absolute Gasteiger partial charge is 0.00691 e. The van der Waals surface area contributed by atoms with E-state index in [4.69, 9.17) is 0 Å². The van der Waals surface area contributed by atoms with E-state index in [0.717, 1.165) is 0 Å². The maximum absolute atomic E-state index is 2.51. The molecule has 0 aromatic carbocycles. The van der Waals surface area contributed by atoms with Gasteiger partial charge in [0.2, 0.25) is 0 Å². The van der Waals surface area contributed by atoms with Crippen LogP contribution in [-0.4, -0.2) is 0 Å². The molecule has 0 N–H and O–H groups in total. The normalized spacial score (nSPS) is 20.4. The molecule has 0 unspecified atom stereocenters. The van der Waals surface area contributed by atoms with Crippen molar-refractivity contribution in [2.24, 2.45) is 16.2 Å². The third kappa shape index (κ3) is 3.96. The van der Waals surface area contributed by atoms with Crippen molar-refractivity contribution in [3.8, 4) is 0 Å². The quantitative estimate of drug-likeness (QED) is 0.430. The lowest BCUT2D eigenvalue weighted by molar-refractivity contribution is 0.270. The van der Waals surface area contributed by atoms with Crippen LogP contribution in [0.15, 0.2) is 12.2 Å². The molecule has 0 amide bonds. The minimum Gasteiger partial charge on any atom is -0.0880 e. The van der Waals surface area contributed by atoms with Crippen LogP contribution in [0.25, 0.3) is 0 Å². The van der Waals surface area contributed by atoms with E-state index in [0.29, 0.717) is 16.2 Å². The average Bonchev–Trinajstić information content (AvgIpc) is 2.81. The number of allylic oxidation sites excluding steroid dienone is 2. The molecule has 0 nitrogen and oxygen atoms in total. The lowest BCUT2D eigenvalue weighted by atomic mass is 9.77. The summed E-state index contributed by atoms with van der Waals surface area (Å²) >= 11 is 0. The molecule has 1 aliphatic rings. The topological polar surface area (TPSA) is 0 Å². The van der Waals surface area contributed by atoms with Crippen LogP contribution in [0.2, 0.25) is 0 Å². The van der Waals surface area contributed by atoms with Gasteiger partial charge in [-0.15, -0.1) is 0 Å². The highest BCUT2D eigenvalue weighted by Gasteiger charge is 2.49. The maximum atomic E-state index is 2.51. The van der Waals surface area contributed by atoms with Crippen molar-refractivity contribution in [3.05, 3.63) is 12.2 Å². The molecular formula is C16H30. The molecule has 16 heavy (non-hydrogen) atoms. The van der Waals surface area contributed by atoms with Crippen molar-refractivity contribution in [2.75, 3.05) is 0 Å². The van der Waals surface area contributed by atoms with Crippen molar-refractivity contribution in [1.82, 2.24) is 0 Å². The average molecular weight is 222 g/mol. The summed E-state index contributed by atoms with van der Waals surface area (Å²) in [5, 5.41) is 0. The summed E-state index contributed by atoms with van der Waals surface area (Å²) in [6, 6.07) is 0. The molecule has 1 saturated carbocycles. The van der Waals surface area contributed by atoms with E-state index in [2.05, 4.69) is 53.7 Å². The van der Waals surface area contributed by atoms with Crippen molar-refractivity contribution >= 4 is 0 Å². The lowest BCUT2D eigenvalue weighted by Gasteiger charge is -2.28. The second-order valence-electron chi connectivity index (χ2n) is 7.76. The minimum atomic E-state index is 0.452. The fourth-order valence-electron chi connectivity index (χ4n) is 2.36. The highest BCUT2D eigenvalue weighted by Crippen LogP contribution is 2.59. The Kier molecular flexibility index (Phi) is 3.92. The summed E-state index contributed by atoms with van der Waals surface area (Å²) in [5.41, 5.74) is 1.48. The van der Waals surface area contributed by atoms with Gasteiger partial charge in [-0.25, -0.2) is 0 Å². The van der Waals surface area contributed by atoms with Crippen molar-refractivity contribution in [1.29, 1.82) is 0 Å². The minimum absolute atomic E-state index is 0.452. The summed E-state index contributed by atoms with van der Waals surface area (Å²) in [6.45, 7) is 14.1.